The first-order chi connectivity index (χ1) is 16.9. The average Bonchev–Trinajstić information content (AvgIpc) is 3.16. The molecule has 1 aliphatic rings. The lowest BCUT2D eigenvalue weighted by atomic mass is 9.97. The Kier molecular flexibility index (Phi) is 7.94. The van der Waals surface area contributed by atoms with Crippen LogP contribution in [-0.4, -0.2) is 53.4 Å². The Labute approximate surface area is 208 Å². The summed E-state index contributed by atoms with van der Waals surface area (Å²) in [5.74, 6) is 1.17. The van der Waals surface area contributed by atoms with Gasteiger partial charge < -0.3 is 20.1 Å². The van der Waals surface area contributed by atoms with Crippen molar-refractivity contribution in [3.63, 3.8) is 0 Å². The molecule has 35 heavy (non-hydrogen) atoms. The zero-order valence-corrected chi connectivity index (χ0v) is 20.9. The molecule has 0 aliphatic carbocycles. The first-order valence-electron chi connectivity index (χ1n) is 11.5. The summed E-state index contributed by atoms with van der Waals surface area (Å²) in [6, 6.07) is 10.8. The number of amides is 2. The maximum atomic E-state index is 12.9. The molecular weight excluding hydrogens is 466 g/mol. The van der Waals surface area contributed by atoms with E-state index < -0.39 is 0 Å². The highest BCUT2D eigenvalue weighted by molar-refractivity contribution is 7.15. The van der Waals surface area contributed by atoms with Gasteiger partial charge in [0, 0.05) is 17.5 Å². The monoisotopic (exact) mass is 495 g/mol. The normalized spacial score (nSPS) is 15.9. The molecule has 4 rings (SSSR count). The first kappa shape index (κ1) is 24.6. The molecule has 1 saturated heterocycles. The van der Waals surface area contributed by atoms with Gasteiger partial charge in [-0.05, 0) is 51.4 Å². The van der Waals surface area contributed by atoms with Crippen LogP contribution in [0.4, 0.5) is 10.8 Å². The molecule has 1 atom stereocenters. The fourth-order valence-electron chi connectivity index (χ4n) is 3.88. The SMILES string of the molecule is COc1ccccc1Oc1ccc(NC(=O)C2CCCN(CC(=O)Nc3nc(C)c(C)s3)C2)cn1. The van der Waals surface area contributed by atoms with Gasteiger partial charge in [-0.1, -0.05) is 12.1 Å². The number of carbonyl (C=O) groups is 2. The predicted molar refractivity (Wildman–Crippen MR) is 135 cm³/mol. The zero-order chi connectivity index (χ0) is 24.8. The van der Waals surface area contributed by atoms with Crippen molar-refractivity contribution in [1.82, 2.24) is 14.9 Å². The van der Waals surface area contributed by atoms with Gasteiger partial charge >= 0.3 is 0 Å². The van der Waals surface area contributed by atoms with Crippen LogP contribution in [0.3, 0.4) is 0 Å². The van der Waals surface area contributed by atoms with Crippen LogP contribution in [0.15, 0.2) is 42.6 Å². The fourth-order valence-corrected chi connectivity index (χ4v) is 4.71. The van der Waals surface area contributed by atoms with Crippen LogP contribution in [0, 0.1) is 19.8 Å². The number of pyridine rings is 1. The number of para-hydroxylation sites is 2. The highest BCUT2D eigenvalue weighted by Crippen LogP contribution is 2.30. The van der Waals surface area contributed by atoms with E-state index >= 15 is 0 Å². The molecule has 0 spiro atoms. The summed E-state index contributed by atoms with van der Waals surface area (Å²) in [5.41, 5.74) is 1.51. The van der Waals surface area contributed by atoms with E-state index in [9.17, 15) is 9.59 Å². The van der Waals surface area contributed by atoms with Gasteiger partial charge in [0.1, 0.15) is 0 Å². The molecule has 1 aliphatic heterocycles. The van der Waals surface area contributed by atoms with E-state index in [1.165, 1.54) is 11.3 Å². The molecule has 9 nitrogen and oxygen atoms in total. The average molecular weight is 496 g/mol. The third kappa shape index (κ3) is 6.55. The molecular formula is C25H29N5O4S. The summed E-state index contributed by atoms with van der Waals surface area (Å²) in [4.78, 5) is 37.1. The molecule has 1 fully saturated rings. The van der Waals surface area contributed by atoms with Crippen LogP contribution >= 0.6 is 11.3 Å². The second-order valence-electron chi connectivity index (χ2n) is 8.41. The zero-order valence-electron chi connectivity index (χ0n) is 20.0. The number of methoxy groups -OCH3 is 1. The van der Waals surface area contributed by atoms with Gasteiger partial charge in [0.25, 0.3) is 0 Å². The second-order valence-corrected chi connectivity index (χ2v) is 9.61. The number of aryl methyl sites for hydroxylation is 2. The van der Waals surface area contributed by atoms with Gasteiger partial charge in [-0.3, -0.25) is 14.5 Å². The number of ether oxygens (including phenoxy) is 2. The van der Waals surface area contributed by atoms with Gasteiger partial charge in [0.15, 0.2) is 16.6 Å². The molecule has 184 valence electrons. The summed E-state index contributed by atoms with van der Waals surface area (Å²) in [7, 11) is 1.58. The van der Waals surface area contributed by atoms with Gasteiger partial charge in [0.05, 0.1) is 37.2 Å². The number of thiazole rings is 1. The third-order valence-corrected chi connectivity index (χ3v) is 6.79. The van der Waals surface area contributed by atoms with Crippen molar-refractivity contribution >= 4 is 34.0 Å². The van der Waals surface area contributed by atoms with Crippen LogP contribution in [0.2, 0.25) is 0 Å². The van der Waals surface area contributed by atoms with Gasteiger partial charge in [-0.25, -0.2) is 9.97 Å². The number of hydrogen-bond donors (Lipinski definition) is 2. The standard InChI is InChI=1S/C25H29N5O4S/c1-16-17(2)35-25(27-16)29-22(31)15-30-12-6-7-18(14-30)24(32)28-19-10-11-23(26-13-19)34-21-9-5-4-8-20(21)33-3/h4-5,8-11,13,18H,6-7,12,14-15H2,1-3H3,(H,28,32)(H,27,29,31). The lowest BCUT2D eigenvalue weighted by Crippen LogP contribution is -2.44. The molecule has 3 aromatic rings. The Hall–Kier alpha value is -3.50. The molecule has 1 aromatic carbocycles. The summed E-state index contributed by atoms with van der Waals surface area (Å²) in [6.07, 6.45) is 3.19. The van der Waals surface area contributed by atoms with Gasteiger partial charge in [-0.2, -0.15) is 0 Å². The minimum absolute atomic E-state index is 0.0820. The number of aromatic nitrogens is 2. The number of benzene rings is 1. The molecule has 0 bridgehead atoms. The minimum Gasteiger partial charge on any atom is -0.493 e. The van der Waals surface area contributed by atoms with Crippen LogP contribution in [0.25, 0.3) is 0 Å². The number of hydrogen-bond acceptors (Lipinski definition) is 8. The summed E-state index contributed by atoms with van der Waals surface area (Å²) in [5, 5.41) is 6.41. The number of likely N-dealkylation sites (tertiary alicyclic amines) is 1. The van der Waals surface area contributed by atoms with E-state index in [2.05, 4.69) is 20.6 Å². The molecule has 0 radical (unpaired) electrons. The Morgan fingerprint density at radius 2 is 1.94 bits per heavy atom. The number of nitrogens with one attached hydrogen (secondary N) is 2. The maximum Gasteiger partial charge on any atom is 0.240 e. The molecule has 2 amide bonds. The fraction of sp³-hybridized carbons (Fsp3) is 0.360. The highest BCUT2D eigenvalue weighted by Gasteiger charge is 2.27. The smallest absolute Gasteiger partial charge is 0.240 e. The Balaban J connectivity index is 1.28. The van der Waals surface area contributed by atoms with Gasteiger partial charge in [-0.15, -0.1) is 11.3 Å². The van der Waals surface area contributed by atoms with Crippen molar-refractivity contribution < 1.29 is 19.1 Å². The summed E-state index contributed by atoms with van der Waals surface area (Å²) < 4.78 is 11.1. The lowest BCUT2D eigenvalue weighted by Gasteiger charge is -2.31. The lowest BCUT2D eigenvalue weighted by molar-refractivity contribution is -0.123. The number of anilines is 2. The van der Waals surface area contributed by atoms with Crippen molar-refractivity contribution in [3.8, 4) is 17.4 Å². The summed E-state index contributed by atoms with van der Waals surface area (Å²) in [6.45, 7) is 5.44. The highest BCUT2D eigenvalue weighted by atomic mass is 32.1. The quantitative estimate of drug-likeness (QED) is 0.481. The van der Waals surface area contributed by atoms with E-state index in [1.54, 1.807) is 31.5 Å². The number of carbonyl (C=O) groups excluding carboxylic acids is 2. The van der Waals surface area contributed by atoms with Crippen molar-refractivity contribution in [2.24, 2.45) is 5.92 Å². The van der Waals surface area contributed by atoms with E-state index in [4.69, 9.17) is 9.47 Å². The minimum atomic E-state index is -0.203. The molecule has 10 heteroatoms. The second kappa shape index (κ2) is 11.3. The topological polar surface area (TPSA) is 106 Å². The Morgan fingerprint density at radius 3 is 2.63 bits per heavy atom. The van der Waals surface area contributed by atoms with Crippen LogP contribution < -0.4 is 20.1 Å². The molecule has 1 unspecified atom stereocenters. The molecule has 3 heterocycles. The van der Waals surface area contributed by atoms with Gasteiger partial charge in [0.2, 0.25) is 17.7 Å². The van der Waals surface area contributed by atoms with Crippen LogP contribution in [-0.2, 0) is 9.59 Å². The number of nitrogens with zero attached hydrogens (tertiary/aromatic N) is 3. The molecule has 0 saturated carbocycles. The van der Waals surface area contributed by atoms with Crippen molar-refractivity contribution in [2.75, 3.05) is 37.4 Å². The number of piperidine rings is 1. The van der Waals surface area contributed by atoms with E-state index in [0.717, 1.165) is 30.0 Å². The van der Waals surface area contributed by atoms with E-state index in [1.807, 2.05) is 36.9 Å². The van der Waals surface area contributed by atoms with Crippen molar-refractivity contribution in [2.45, 2.75) is 26.7 Å². The van der Waals surface area contributed by atoms with Crippen LogP contribution in [0.1, 0.15) is 23.4 Å². The van der Waals surface area contributed by atoms with E-state index in [0.29, 0.717) is 34.7 Å². The van der Waals surface area contributed by atoms with Crippen molar-refractivity contribution in [3.05, 3.63) is 53.2 Å². The molecule has 2 N–H and O–H groups in total. The predicted octanol–water partition coefficient (Wildman–Crippen LogP) is 4.25. The summed E-state index contributed by atoms with van der Waals surface area (Å²) >= 11 is 1.47. The Bertz CT molecular complexity index is 1160. The first-order valence-corrected chi connectivity index (χ1v) is 12.3. The Morgan fingerprint density at radius 1 is 1.14 bits per heavy atom. The third-order valence-electron chi connectivity index (χ3n) is 5.81. The molecule has 2 aromatic heterocycles. The maximum absolute atomic E-state index is 12.9. The number of rotatable bonds is 8. The largest absolute Gasteiger partial charge is 0.493 e. The van der Waals surface area contributed by atoms with Crippen LogP contribution in [0.5, 0.6) is 17.4 Å². The van der Waals surface area contributed by atoms with E-state index in [-0.39, 0.29) is 24.3 Å². The van der Waals surface area contributed by atoms with Crippen molar-refractivity contribution in [1.29, 1.82) is 0 Å².